The first-order chi connectivity index (χ1) is 14.0. The number of rotatable bonds is 6. The Hall–Kier alpha value is -2.77. The number of aliphatic imine (C=N–C) groups is 1. The predicted molar refractivity (Wildman–Crippen MR) is 115 cm³/mol. The van der Waals surface area contributed by atoms with Crippen LogP contribution >= 0.6 is 11.3 Å². The summed E-state index contributed by atoms with van der Waals surface area (Å²) in [6.07, 6.45) is 6.64. The molecule has 1 unspecified atom stereocenters. The van der Waals surface area contributed by atoms with Gasteiger partial charge in [-0.1, -0.05) is 0 Å². The first-order valence-corrected chi connectivity index (χ1v) is 10.7. The van der Waals surface area contributed by atoms with Crippen LogP contribution in [0, 0.1) is 11.3 Å². The molecule has 0 spiro atoms. The lowest BCUT2D eigenvalue weighted by molar-refractivity contribution is 0.136. The number of aromatic nitrogens is 3. The highest BCUT2D eigenvalue weighted by atomic mass is 32.1. The van der Waals surface area contributed by atoms with Crippen LogP contribution in [0.25, 0.3) is 10.3 Å². The Morgan fingerprint density at radius 2 is 2.14 bits per heavy atom. The molecule has 2 aromatic rings. The van der Waals surface area contributed by atoms with Crippen molar-refractivity contribution in [2.45, 2.75) is 57.2 Å². The summed E-state index contributed by atoms with van der Waals surface area (Å²) in [4.78, 5) is 21.0. The van der Waals surface area contributed by atoms with E-state index in [0.29, 0.717) is 42.0 Å². The van der Waals surface area contributed by atoms with Gasteiger partial charge in [-0.2, -0.15) is 20.2 Å². The largest absolute Gasteiger partial charge is 0.402 e. The minimum atomic E-state index is 0.267. The van der Waals surface area contributed by atoms with Gasteiger partial charge in [0.25, 0.3) is 5.95 Å². The third-order valence-corrected chi connectivity index (χ3v) is 6.22. The molecule has 2 saturated heterocycles. The van der Waals surface area contributed by atoms with Crippen molar-refractivity contribution >= 4 is 39.3 Å². The van der Waals surface area contributed by atoms with Gasteiger partial charge in [0, 0.05) is 36.8 Å². The number of hydrogen-bond donors (Lipinski definition) is 3. The van der Waals surface area contributed by atoms with Crippen LogP contribution in [0.3, 0.4) is 0 Å². The number of nitrogens with one attached hydrogen (secondary N) is 1. The Morgan fingerprint density at radius 1 is 1.38 bits per heavy atom. The lowest BCUT2D eigenvalue weighted by Crippen LogP contribution is -2.47. The highest BCUT2D eigenvalue weighted by Gasteiger charge is 2.40. The van der Waals surface area contributed by atoms with Gasteiger partial charge in [-0.25, -0.2) is 4.98 Å². The van der Waals surface area contributed by atoms with Crippen molar-refractivity contribution < 1.29 is 0 Å². The molecule has 0 amide bonds. The van der Waals surface area contributed by atoms with E-state index in [0.717, 1.165) is 29.7 Å². The van der Waals surface area contributed by atoms with Crippen LogP contribution in [0.15, 0.2) is 22.3 Å². The number of nitriles is 1. The van der Waals surface area contributed by atoms with Crippen molar-refractivity contribution in [1.82, 2.24) is 19.9 Å². The quantitative estimate of drug-likeness (QED) is 0.485. The number of hydrogen-bond acceptors (Lipinski definition) is 9. The summed E-state index contributed by atoms with van der Waals surface area (Å²) in [7, 11) is 0. The number of fused-ring (bicyclic) bond motifs is 3. The van der Waals surface area contributed by atoms with E-state index in [1.807, 2.05) is 0 Å². The van der Waals surface area contributed by atoms with Crippen LogP contribution in [-0.4, -0.2) is 50.4 Å². The van der Waals surface area contributed by atoms with Gasteiger partial charge in [0.1, 0.15) is 11.4 Å². The third kappa shape index (κ3) is 4.31. The molecule has 2 bridgehead atoms. The van der Waals surface area contributed by atoms with E-state index in [9.17, 15) is 0 Å². The smallest absolute Gasteiger partial charge is 0.254 e. The molecule has 152 valence electrons. The number of amidine groups is 1. The lowest BCUT2D eigenvalue weighted by Gasteiger charge is -2.39. The van der Waals surface area contributed by atoms with Gasteiger partial charge in [0.2, 0.25) is 0 Å². The molecule has 2 fully saturated rings. The van der Waals surface area contributed by atoms with Crippen molar-refractivity contribution in [2.75, 3.05) is 11.9 Å². The average molecular weight is 412 g/mol. The second-order valence-corrected chi connectivity index (χ2v) is 8.48. The second-order valence-electron chi connectivity index (χ2n) is 7.65. The van der Waals surface area contributed by atoms with E-state index in [4.69, 9.17) is 16.7 Å². The van der Waals surface area contributed by atoms with Crippen molar-refractivity contribution in [1.29, 1.82) is 5.26 Å². The van der Waals surface area contributed by atoms with Gasteiger partial charge in [0.15, 0.2) is 10.6 Å². The number of nitrogens with zero attached hydrogens (tertiary/aromatic N) is 6. The predicted octanol–water partition coefficient (Wildman–Crippen LogP) is 2.26. The first kappa shape index (κ1) is 19.5. The molecule has 0 saturated carbocycles. The lowest BCUT2D eigenvalue weighted by atomic mass is 9.97. The summed E-state index contributed by atoms with van der Waals surface area (Å²) in [6.45, 7) is 2.62. The summed E-state index contributed by atoms with van der Waals surface area (Å²) in [5.41, 5.74) is 14.7. The minimum absolute atomic E-state index is 0.267. The van der Waals surface area contributed by atoms with E-state index >= 15 is 0 Å². The maximum atomic E-state index is 8.91. The van der Waals surface area contributed by atoms with Gasteiger partial charge in [-0.15, -0.1) is 11.3 Å². The van der Waals surface area contributed by atoms with Gasteiger partial charge < -0.3 is 16.8 Å². The Bertz CT molecular complexity index is 971. The highest BCUT2D eigenvalue weighted by molar-refractivity contribution is 7.16. The molecule has 4 heterocycles. The zero-order valence-electron chi connectivity index (χ0n) is 16.4. The molecule has 10 heteroatoms. The monoisotopic (exact) mass is 411 g/mol. The van der Waals surface area contributed by atoms with E-state index < -0.39 is 0 Å². The third-order valence-electron chi connectivity index (χ3n) is 5.50. The summed E-state index contributed by atoms with van der Waals surface area (Å²) >= 11 is 1.45. The van der Waals surface area contributed by atoms with Gasteiger partial charge in [0.05, 0.1) is 11.6 Å². The molecular formula is C19H25N9S. The van der Waals surface area contributed by atoms with E-state index in [2.05, 4.69) is 36.2 Å². The molecule has 4 rings (SSSR count). The van der Waals surface area contributed by atoms with Crippen LogP contribution in [0.4, 0.5) is 11.8 Å². The summed E-state index contributed by atoms with van der Waals surface area (Å²) < 4.78 is 0. The second kappa shape index (κ2) is 8.31. The summed E-state index contributed by atoms with van der Waals surface area (Å²) in [6, 6.07) is 3.63. The number of nitrogens with two attached hydrogens (primary N) is 2. The summed E-state index contributed by atoms with van der Waals surface area (Å²) in [5, 5.41) is 12.5. The number of piperidine rings is 1. The Labute approximate surface area is 173 Å². The van der Waals surface area contributed by atoms with Crippen molar-refractivity contribution in [2.24, 2.45) is 16.5 Å². The molecule has 2 aliphatic heterocycles. The molecule has 2 aliphatic rings. The number of allylic oxidation sites excluding steroid dienone is 1. The SMILES string of the molecule is C/C(N)=C/C(N)=Nc1nc(NC2C[C@H]3CC[C@@H](C2)N3CCC#N)c2ncsc2n1. The summed E-state index contributed by atoms with van der Waals surface area (Å²) in [5.74, 6) is 1.27. The normalized spacial score (nSPS) is 25.3. The van der Waals surface area contributed by atoms with Crippen molar-refractivity contribution in [3.8, 4) is 6.07 Å². The van der Waals surface area contributed by atoms with Crippen LogP contribution in [0.1, 0.15) is 39.0 Å². The van der Waals surface area contributed by atoms with Crippen LogP contribution in [-0.2, 0) is 0 Å². The fourth-order valence-corrected chi connectivity index (χ4v) is 5.07. The van der Waals surface area contributed by atoms with Crippen LogP contribution in [0.5, 0.6) is 0 Å². The van der Waals surface area contributed by atoms with Crippen molar-refractivity contribution in [3.05, 3.63) is 17.3 Å². The molecule has 0 aliphatic carbocycles. The van der Waals surface area contributed by atoms with Crippen molar-refractivity contribution in [3.63, 3.8) is 0 Å². The van der Waals surface area contributed by atoms with Gasteiger partial charge in [-0.05, 0) is 38.7 Å². The first-order valence-electron chi connectivity index (χ1n) is 9.82. The van der Waals surface area contributed by atoms with E-state index in [1.165, 1.54) is 24.2 Å². The topological polar surface area (TPSA) is 142 Å². The molecule has 3 atom stereocenters. The Morgan fingerprint density at radius 3 is 2.83 bits per heavy atom. The standard InChI is InChI=1S/C19H25N9S/c1-11(21)7-15(22)25-19-26-17(16-18(27-19)29-10-23-16)24-12-8-13-3-4-14(9-12)28(13)6-2-5-20/h7,10,12-14H,2-4,6,8-9,21H2,1H3,(H3,22,24,25,26,27)/b11-7-/t12?,13-,14+. The molecule has 0 aromatic carbocycles. The van der Waals surface area contributed by atoms with Crippen LogP contribution < -0.4 is 16.8 Å². The van der Waals surface area contributed by atoms with Crippen LogP contribution in [0.2, 0.25) is 0 Å². The number of thiazole rings is 1. The molecule has 0 radical (unpaired) electrons. The fourth-order valence-electron chi connectivity index (χ4n) is 4.41. The minimum Gasteiger partial charge on any atom is -0.402 e. The average Bonchev–Trinajstić information content (AvgIpc) is 3.21. The zero-order chi connectivity index (χ0) is 20.4. The maximum absolute atomic E-state index is 8.91. The molecular weight excluding hydrogens is 386 g/mol. The fraction of sp³-hybridized carbons (Fsp3) is 0.526. The van der Waals surface area contributed by atoms with E-state index in [1.54, 1.807) is 18.5 Å². The maximum Gasteiger partial charge on any atom is 0.254 e. The highest BCUT2D eigenvalue weighted by Crippen LogP contribution is 2.37. The van der Waals surface area contributed by atoms with Gasteiger partial charge >= 0.3 is 0 Å². The molecule has 5 N–H and O–H groups in total. The molecule has 9 nitrogen and oxygen atoms in total. The Kier molecular flexibility index (Phi) is 5.60. The molecule has 29 heavy (non-hydrogen) atoms. The number of anilines is 1. The zero-order valence-corrected chi connectivity index (χ0v) is 17.2. The molecule has 2 aromatic heterocycles. The Balaban J connectivity index is 1.55. The van der Waals surface area contributed by atoms with Gasteiger partial charge in [-0.3, -0.25) is 4.90 Å². The van der Waals surface area contributed by atoms with E-state index in [-0.39, 0.29) is 5.84 Å².